The molecule has 36 heavy (non-hydrogen) atoms. The first-order chi connectivity index (χ1) is 17.5. The first-order valence-electron chi connectivity index (χ1n) is 11.9. The molecule has 1 aliphatic carbocycles. The molecule has 3 aromatic carbocycles. The number of hydrogen-bond acceptors (Lipinski definition) is 4. The summed E-state index contributed by atoms with van der Waals surface area (Å²) < 4.78 is 7.36. The molecule has 5 rings (SSSR count). The molecule has 3 N–H and O–H groups in total. The molecule has 1 aliphatic rings. The van der Waals surface area contributed by atoms with Crippen molar-refractivity contribution < 1.29 is 9.53 Å². The molecule has 0 unspecified atom stereocenters. The summed E-state index contributed by atoms with van der Waals surface area (Å²) >= 11 is 1.76. The molecule has 0 radical (unpaired) electrons. The standard InChI is InChI=1S/C30H27N3O2S/c1-2-35-30(34)28-17-21-13-14-22(29(31)32)18-27(21)33(28)19-23-16-25(15-20-9-7-8-12-26(20)23)36-24-10-5-3-4-6-11-24/h3-10,12-18H,2,11,19H2,1H3,(H3,31,32). The number of fused-ring (bicyclic) bond motifs is 2. The number of ether oxygens (including phenoxy) is 1. The maximum atomic E-state index is 12.9. The highest BCUT2D eigenvalue weighted by atomic mass is 32.2. The van der Waals surface area contributed by atoms with Crippen molar-refractivity contribution >= 4 is 45.2 Å². The molecule has 0 saturated carbocycles. The van der Waals surface area contributed by atoms with E-state index in [1.54, 1.807) is 24.8 Å². The first kappa shape index (κ1) is 23.7. The van der Waals surface area contributed by atoms with Crippen LogP contribution in [0, 0.1) is 5.41 Å². The van der Waals surface area contributed by atoms with E-state index < -0.39 is 0 Å². The second-order valence-corrected chi connectivity index (χ2v) is 9.78. The van der Waals surface area contributed by atoms with Crippen LogP contribution in [0.3, 0.4) is 0 Å². The van der Waals surface area contributed by atoms with Crippen LogP contribution < -0.4 is 5.73 Å². The van der Waals surface area contributed by atoms with Gasteiger partial charge in [-0.15, -0.1) is 0 Å². The average Bonchev–Trinajstić information content (AvgIpc) is 3.03. The molecule has 5 nitrogen and oxygen atoms in total. The number of nitrogen functional groups attached to an aromatic ring is 1. The lowest BCUT2D eigenvalue weighted by atomic mass is 10.0. The zero-order chi connectivity index (χ0) is 25.1. The number of allylic oxidation sites excluding steroid dienone is 6. The Kier molecular flexibility index (Phi) is 6.78. The van der Waals surface area contributed by atoms with Crippen LogP contribution in [0.4, 0.5) is 0 Å². The number of nitrogens with one attached hydrogen (secondary N) is 1. The number of carbonyl (C=O) groups excluding carboxylic acids is 1. The van der Waals surface area contributed by atoms with Crippen molar-refractivity contribution in [2.75, 3.05) is 6.61 Å². The number of benzene rings is 3. The lowest BCUT2D eigenvalue weighted by Gasteiger charge is -2.15. The van der Waals surface area contributed by atoms with Gasteiger partial charge in [0.2, 0.25) is 0 Å². The molecule has 0 atom stereocenters. The molecule has 0 spiro atoms. The van der Waals surface area contributed by atoms with Crippen molar-refractivity contribution in [2.24, 2.45) is 5.73 Å². The molecule has 0 bridgehead atoms. The van der Waals surface area contributed by atoms with Crippen LogP contribution in [-0.2, 0) is 11.3 Å². The van der Waals surface area contributed by atoms with E-state index in [0.717, 1.165) is 38.6 Å². The van der Waals surface area contributed by atoms with Crippen LogP contribution >= 0.6 is 11.8 Å². The van der Waals surface area contributed by atoms with Gasteiger partial charge in [-0.05, 0) is 58.9 Å². The second kappa shape index (κ2) is 10.3. The summed E-state index contributed by atoms with van der Waals surface area (Å²) in [6.07, 6.45) is 11.4. The summed E-state index contributed by atoms with van der Waals surface area (Å²) in [7, 11) is 0. The van der Waals surface area contributed by atoms with Crippen LogP contribution in [0.1, 0.15) is 35.0 Å². The van der Waals surface area contributed by atoms with Gasteiger partial charge in [0, 0.05) is 27.9 Å². The monoisotopic (exact) mass is 493 g/mol. The fraction of sp³-hybridized carbons (Fsp3) is 0.133. The Morgan fingerprint density at radius 2 is 1.92 bits per heavy atom. The lowest BCUT2D eigenvalue weighted by molar-refractivity contribution is 0.0515. The Labute approximate surface area is 214 Å². The van der Waals surface area contributed by atoms with E-state index in [9.17, 15) is 4.79 Å². The Balaban J connectivity index is 1.64. The fourth-order valence-corrected chi connectivity index (χ4v) is 5.49. The van der Waals surface area contributed by atoms with Crippen molar-refractivity contribution in [3.05, 3.63) is 113 Å². The zero-order valence-electron chi connectivity index (χ0n) is 20.0. The number of hydrogen-bond donors (Lipinski definition) is 2. The van der Waals surface area contributed by atoms with E-state index in [-0.39, 0.29) is 11.8 Å². The molecule has 1 heterocycles. The van der Waals surface area contributed by atoms with Gasteiger partial charge in [0.15, 0.2) is 0 Å². The summed E-state index contributed by atoms with van der Waals surface area (Å²) in [6, 6.07) is 20.2. The van der Waals surface area contributed by atoms with Gasteiger partial charge in [-0.25, -0.2) is 4.79 Å². The molecule has 4 aromatic rings. The van der Waals surface area contributed by atoms with E-state index in [4.69, 9.17) is 15.9 Å². The summed E-state index contributed by atoms with van der Waals surface area (Å²) in [5.74, 6) is -0.374. The number of aromatic nitrogens is 1. The number of thioether (sulfide) groups is 1. The first-order valence-corrected chi connectivity index (χ1v) is 12.7. The third kappa shape index (κ3) is 4.86. The van der Waals surface area contributed by atoms with Gasteiger partial charge < -0.3 is 15.0 Å². The van der Waals surface area contributed by atoms with Crippen molar-refractivity contribution in [1.29, 1.82) is 5.41 Å². The van der Waals surface area contributed by atoms with Crippen LogP contribution in [0.25, 0.3) is 21.7 Å². The van der Waals surface area contributed by atoms with Crippen molar-refractivity contribution in [3.8, 4) is 0 Å². The molecule has 0 aliphatic heterocycles. The average molecular weight is 494 g/mol. The maximum absolute atomic E-state index is 12.9. The van der Waals surface area contributed by atoms with E-state index in [2.05, 4.69) is 48.6 Å². The van der Waals surface area contributed by atoms with Crippen LogP contribution in [0.15, 0.2) is 101 Å². The van der Waals surface area contributed by atoms with Gasteiger partial charge in [0.25, 0.3) is 0 Å². The third-order valence-electron chi connectivity index (χ3n) is 6.16. The number of rotatable bonds is 7. The maximum Gasteiger partial charge on any atom is 0.354 e. The molecule has 6 heteroatoms. The summed E-state index contributed by atoms with van der Waals surface area (Å²) in [5, 5.41) is 11.1. The van der Waals surface area contributed by atoms with Crippen LogP contribution in [0.2, 0.25) is 0 Å². The molecule has 0 amide bonds. The van der Waals surface area contributed by atoms with Crippen molar-refractivity contribution in [3.63, 3.8) is 0 Å². The van der Waals surface area contributed by atoms with Crippen molar-refractivity contribution in [2.45, 2.75) is 24.8 Å². The SMILES string of the molecule is CCOC(=O)c1cc2ccc(C(=N)N)cc2n1Cc1cc(SC2=CC=CC=CC2)cc2ccccc12. The smallest absolute Gasteiger partial charge is 0.354 e. The number of amidine groups is 1. The highest BCUT2D eigenvalue weighted by molar-refractivity contribution is 8.03. The quantitative estimate of drug-likeness (QED) is 0.169. The van der Waals surface area contributed by atoms with Gasteiger partial charge in [-0.1, -0.05) is 78.5 Å². The highest BCUT2D eigenvalue weighted by Gasteiger charge is 2.19. The van der Waals surface area contributed by atoms with E-state index in [1.807, 2.05) is 41.0 Å². The summed E-state index contributed by atoms with van der Waals surface area (Å²) in [4.78, 5) is 15.4. The van der Waals surface area contributed by atoms with Gasteiger partial charge in [-0.2, -0.15) is 0 Å². The van der Waals surface area contributed by atoms with Crippen LogP contribution in [-0.4, -0.2) is 23.0 Å². The van der Waals surface area contributed by atoms with Crippen LogP contribution in [0.5, 0.6) is 0 Å². The second-order valence-electron chi connectivity index (χ2n) is 8.58. The van der Waals surface area contributed by atoms with Gasteiger partial charge in [-0.3, -0.25) is 5.41 Å². The third-order valence-corrected chi connectivity index (χ3v) is 7.19. The van der Waals surface area contributed by atoms with Gasteiger partial charge in [0.1, 0.15) is 11.5 Å². The molecular formula is C30H27N3O2S. The number of nitrogens with zero attached hydrogens (tertiary/aromatic N) is 1. The highest BCUT2D eigenvalue weighted by Crippen LogP contribution is 2.35. The Hall–Kier alpha value is -4.03. The van der Waals surface area contributed by atoms with E-state index in [0.29, 0.717) is 24.4 Å². The van der Waals surface area contributed by atoms with E-state index in [1.165, 1.54) is 4.91 Å². The predicted octanol–water partition coefficient (Wildman–Crippen LogP) is 6.80. The molecule has 0 saturated heterocycles. The topological polar surface area (TPSA) is 81.1 Å². The van der Waals surface area contributed by atoms with E-state index >= 15 is 0 Å². The minimum Gasteiger partial charge on any atom is -0.461 e. The minimum absolute atomic E-state index is 0.00837. The molecule has 180 valence electrons. The van der Waals surface area contributed by atoms with Gasteiger partial charge >= 0.3 is 5.97 Å². The minimum atomic E-state index is -0.366. The summed E-state index contributed by atoms with van der Waals surface area (Å²) in [6.45, 7) is 2.58. The number of nitrogens with two attached hydrogens (primary N) is 1. The largest absolute Gasteiger partial charge is 0.461 e. The Morgan fingerprint density at radius 1 is 1.06 bits per heavy atom. The fourth-order valence-electron chi connectivity index (χ4n) is 4.47. The Bertz CT molecular complexity index is 1580. The molecule has 0 fully saturated rings. The predicted molar refractivity (Wildman–Crippen MR) is 149 cm³/mol. The lowest BCUT2D eigenvalue weighted by Crippen LogP contribution is -2.14. The zero-order valence-corrected chi connectivity index (χ0v) is 20.8. The number of carbonyl (C=O) groups is 1. The summed E-state index contributed by atoms with van der Waals surface area (Å²) in [5.41, 5.74) is 8.83. The van der Waals surface area contributed by atoms with Gasteiger partial charge in [0.05, 0.1) is 6.61 Å². The Morgan fingerprint density at radius 3 is 2.75 bits per heavy atom. The molecule has 1 aromatic heterocycles. The normalized spacial score (nSPS) is 13.1. The van der Waals surface area contributed by atoms with Crippen molar-refractivity contribution in [1.82, 2.24) is 4.57 Å². The molecular weight excluding hydrogens is 466 g/mol. The number of esters is 1.